The number of rotatable bonds is 44. The van der Waals surface area contributed by atoms with Gasteiger partial charge in [0.05, 0.1) is 0 Å². The van der Waals surface area contributed by atoms with Gasteiger partial charge in [0, 0.05) is 12.8 Å². The number of carbonyl (C=O) groups excluding carboxylic acids is 1. The van der Waals surface area contributed by atoms with E-state index in [1.165, 1.54) is 218 Å². The van der Waals surface area contributed by atoms with Gasteiger partial charge in [-0.1, -0.05) is 233 Å². The Bertz CT molecular complexity index is 721. The van der Waals surface area contributed by atoms with Crippen molar-refractivity contribution in [3.63, 3.8) is 0 Å². The maximum Gasteiger partial charge on any atom is 0.306 e. The van der Waals surface area contributed by atoms with Crippen LogP contribution in [0, 0.1) is 5.92 Å². The summed E-state index contributed by atoms with van der Waals surface area (Å²) in [4.78, 5) is 23.3. The SMILES string of the molecule is CCCCCCCCC(CCCCCCCCCCCCCCC(=O)O)OC(=O)CCCCCCCCCCCCCCCCC(CC)CCCC. The van der Waals surface area contributed by atoms with E-state index in [4.69, 9.17) is 9.84 Å². The van der Waals surface area contributed by atoms with E-state index in [0.717, 1.165) is 38.0 Å². The fourth-order valence-corrected chi connectivity index (χ4v) is 7.94. The molecule has 0 aliphatic rings. The molecule has 2 unspecified atom stereocenters. The summed E-state index contributed by atoms with van der Waals surface area (Å²) in [5.41, 5.74) is 0. The summed E-state index contributed by atoms with van der Waals surface area (Å²) in [6.07, 6.45) is 51.5. The van der Waals surface area contributed by atoms with Crippen LogP contribution in [-0.2, 0) is 14.3 Å². The zero-order chi connectivity index (χ0) is 38.0. The van der Waals surface area contributed by atoms with Crippen molar-refractivity contribution in [2.24, 2.45) is 5.92 Å². The van der Waals surface area contributed by atoms with E-state index in [-0.39, 0.29) is 12.1 Å². The summed E-state index contributed by atoms with van der Waals surface area (Å²) in [5.74, 6) is 0.370. The van der Waals surface area contributed by atoms with Gasteiger partial charge >= 0.3 is 11.9 Å². The van der Waals surface area contributed by atoms with Crippen molar-refractivity contribution >= 4 is 11.9 Å². The van der Waals surface area contributed by atoms with Crippen LogP contribution in [0.2, 0.25) is 0 Å². The first kappa shape index (κ1) is 50.9. The van der Waals surface area contributed by atoms with Crippen molar-refractivity contribution in [3.8, 4) is 0 Å². The van der Waals surface area contributed by atoms with Crippen LogP contribution in [0.3, 0.4) is 0 Å². The number of hydrogen-bond acceptors (Lipinski definition) is 3. The molecule has 4 nitrogen and oxygen atoms in total. The fourth-order valence-electron chi connectivity index (χ4n) is 7.94. The third-order valence-corrected chi connectivity index (χ3v) is 11.6. The van der Waals surface area contributed by atoms with Crippen molar-refractivity contribution in [1.29, 1.82) is 0 Å². The number of aliphatic carboxylic acids is 1. The highest BCUT2D eigenvalue weighted by molar-refractivity contribution is 5.69. The Morgan fingerprint density at radius 3 is 1.06 bits per heavy atom. The minimum absolute atomic E-state index is 0.0509. The molecule has 0 aromatic rings. The predicted octanol–water partition coefficient (Wildman–Crippen LogP) is 16.7. The number of hydrogen-bond donors (Lipinski definition) is 1. The standard InChI is InChI=1S/C48H94O4/c1-4-7-9-10-30-35-41-46(42-36-31-26-22-18-15-16-19-23-27-32-37-43-47(49)50)52-48(51)44-38-33-28-24-20-14-12-11-13-17-21-25-29-34-40-45(6-3)39-8-5-2/h45-46H,4-44H2,1-3H3,(H,49,50). The summed E-state index contributed by atoms with van der Waals surface area (Å²) in [7, 11) is 0. The molecule has 0 heterocycles. The second kappa shape index (κ2) is 42.7. The number of carboxylic acid groups (broad SMARTS) is 1. The molecule has 0 aromatic carbocycles. The minimum Gasteiger partial charge on any atom is -0.481 e. The Balaban J connectivity index is 3.84. The van der Waals surface area contributed by atoms with Gasteiger partial charge in [-0.3, -0.25) is 9.59 Å². The van der Waals surface area contributed by atoms with Gasteiger partial charge in [0.25, 0.3) is 0 Å². The van der Waals surface area contributed by atoms with Gasteiger partial charge in [-0.2, -0.15) is 0 Å². The van der Waals surface area contributed by atoms with Crippen LogP contribution in [0.15, 0.2) is 0 Å². The zero-order valence-electron chi connectivity index (χ0n) is 35.8. The van der Waals surface area contributed by atoms with Crippen molar-refractivity contribution in [2.75, 3.05) is 0 Å². The number of ether oxygens (including phenoxy) is 1. The van der Waals surface area contributed by atoms with Crippen LogP contribution in [-0.4, -0.2) is 23.1 Å². The summed E-state index contributed by atoms with van der Waals surface area (Å²) < 4.78 is 6.07. The lowest BCUT2D eigenvalue weighted by molar-refractivity contribution is -0.150. The molecule has 0 bridgehead atoms. The lowest BCUT2D eigenvalue weighted by atomic mass is 9.93. The van der Waals surface area contributed by atoms with E-state index >= 15 is 0 Å². The molecule has 310 valence electrons. The smallest absolute Gasteiger partial charge is 0.306 e. The van der Waals surface area contributed by atoms with Crippen LogP contribution in [0.4, 0.5) is 0 Å². The van der Waals surface area contributed by atoms with Gasteiger partial charge in [-0.05, 0) is 44.4 Å². The van der Waals surface area contributed by atoms with Crippen molar-refractivity contribution < 1.29 is 19.4 Å². The summed E-state index contributed by atoms with van der Waals surface area (Å²) in [6, 6.07) is 0. The molecule has 0 aliphatic heterocycles. The lowest BCUT2D eigenvalue weighted by Gasteiger charge is -2.18. The minimum atomic E-state index is -0.666. The van der Waals surface area contributed by atoms with Crippen LogP contribution in [0.1, 0.15) is 284 Å². The Morgan fingerprint density at radius 2 is 0.692 bits per heavy atom. The van der Waals surface area contributed by atoms with Gasteiger partial charge in [-0.15, -0.1) is 0 Å². The van der Waals surface area contributed by atoms with E-state index in [2.05, 4.69) is 20.8 Å². The predicted molar refractivity (Wildman–Crippen MR) is 227 cm³/mol. The molecule has 0 fully saturated rings. The Hall–Kier alpha value is -1.06. The zero-order valence-corrected chi connectivity index (χ0v) is 35.8. The molecule has 0 amide bonds. The first-order valence-corrected chi connectivity index (χ1v) is 23.9. The largest absolute Gasteiger partial charge is 0.481 e. The second-order valence-corrected chi connectivity index (χ2v) is 16.7. The molecule has 0 aromatic heterocycles. The summed E-state index contributed by atoms with van der Waals surface area (Å²) in [5, 5.41) is 8.72. The first-order chi connectivity index (χ1) is 25.5. The van der Waals surface area contributed by atoms with Crippen LogP contribution < -0.4 is 0 Å². The van der Waals surface area contributed by atoms with E-state index in [9.17, 15) is 9.59 Å². The number of esters is 1. The molecule has 0 radical (unpaired) electrons. The summed E-state index contributed by atoms with van der Waals surface area (Å²) >= 11 is 0. The average Bonchev–Trinajstić information content (AvgIpc) is 3.13. The molecule has 0 rings (SSSR count). The van der Waals surface area contributed by atoms with Crippen LogP contribution >= 0.6 is 0 Å². The average molecular weight is 735 g/mol. The van der Waals surface area contributed by atoms with Crippen molar-refractivity contribution in [2.45, 2.75) is 290 Å². The van der Waals surface area contributed by atoms with Crippen LogP contribution in [0.25, 0.3) is 0 Å². The highest BCUT2D eigenvalue weighted by Gasteiger charge is 2.14. The maximum atomic E-state index is 12.8. The Labute approximate surface area is 326 Å². The molecule has 0 saturated heterocycles. The molecular formula is C48H94O4. The third kappa shape index (κ3) is 40.1. The monoisotopic (exact) mass is 735 g/mol. The van der Waals surface area contributed by atoms with Gasteiger partial charge in [0.15, 0.2) is 0 Å². The molecule has 0 saturated carbocycles. The fraction of sp³-hybridized carbons (Fsp3) is 0.958. The normalized spacial score (nSPS) is 12.7. The third-order valence-electron chi connectivity index (χ3n) is 11.6. The van der Waals surface area contributed by atoms with Crippen molar-refractivity contribution in [3.05, 3.63) is 0 Å². The van der Waals surface area contributed by atoms with Crippen molar-refractivity contribution in [1.82, 2.24) is 0 Å². The molecule has 0 aliphatic carbocycles. The van der Waals surface area contributed by atoms with E-state index in [0.29, 0.717) is 12.8 Å². The van der Waals surface area contributed by atoms with Crippen LogP contribution in [0.5, 0.6) is 0 Å². The molecule has 0 spiro atoms. The van der Waals surface area contributed by atoms with Gasteiger partial charge < -0.3 is 9.84 Å². The number of carboxylic acids is 1. The quantitative estimate of drug-likeness (QED) is 0.0500. The number of unbranched alkanes of at least 4 members (excludes halogenated alkanes) is 30. The lowest BCUT2D eigenvalue weighted by Crippen LogP contribution is -2.18. The highest BCUT2D eigenvalue weighted by atomic mass is 16.5. The van der Waals surface area contributed by atoms with Gasteiger partial charge in [0.2, 0.25) is 0 Å². The van der Waals surface area contributed by atoms with E-state index < -0.39 is 5.97 Å². The molecule has 2 atom stereocenters. The molecule has 1 N–H and O–H groups in total. The molecular weight excluding hydrogens is 641 g/mol. The Morgan fingerprint density at radius 1 is 0.385 bits per heavy atom. The van der Waals surface area contributed by atoms with E-state index in [1.54, 1.807) is 0 Å². The van der Waals surface area contributed by atoms with E-state index in [1.807, 2.05) is 0 Å². The highest BCUT2D eigenvalue weighted by Crippen LogP contribution is 2.22. The topological polar surface area (TPSA) is 63.6 Å². The summed E-state index contributed by atoms with van der Waals surface area (Å²) in [6.45, 7) is 6.96. The van der Waals surface area contributed by atoms with Gasteiger partial charge in [-0.25, -0.2) is 0 Å². The number of carbonyl (C=O) groups is 2. The maximum absolute atomic E-state index is 12.8. The molecule has 4 heteroatoms. The van der Waals surface area contributed by atoms with Gasteiger partial charge in [0.1, 0.15) is 6.10 Å². The Kier molecular flexibility index (Phi) is 41.8. The second-order valence-electron chi connectivity index (χ2n) is 16.7. The first-order valence-electron chi connectivity index (χ1n) is 23.9. The molecule has 52 heavy (non-hydrogen) atoms.